The van der Waals surface area contributed by atoms with E-state index in [0.717, 1.165) is 6.07 Å². The summed E-state index contributed by atoms with van der Waals surface area (Å²) in [4.78, 5) is 14.3. The summed E-state index contributed by atoms with van der Waals surface area (Å²) in [7, 11) is 0. The van der Waals surface area contributed by atoms with Crippen molar-refractivity contribution in [2.24, 2.45) is 11.1 Å². The number of nitrogens with zero attached hydrogens (tertiary/aromatic N) is 1. The minimum Gasteiger partial charge on any atom is -0.393 e. The number of amides is 1. The Morgan fingerprint density at radius 2 is 2.00 bits per heavy atom. The van der Waals surface area contributed by atoms with Crippen molar-refractivity contribution < 1.29 is 13.6 Å². The molecule has 0 aromatic heterocycles. The number of hydrogen-bond acceptors (Lipinski definition) is 2. The Kier molecular flexibility index (Phi) is 4.56. The molecule has 0 atom stereocenters. The van der Waals surface area contributed by atoms with Gasteiger partial charge in [-0.05, 0) is 18.9 Å². The van der Waals surface area contributed by atoms with Gasteiger partial charge in [0.15, 0.2) is 11.6 Å². The number of carbonyl (C=O) groups excluding carboxylic acids is 1. The highest BCUT2D eigenvalue weighted by atomic mass is 32.1. The fourth-order valence-electron chi connectivity index (χ4n) is 2.46. The summed E-state index contributed by atoms with van der Waals surface area (Å²) in [5.41, 5.74) is 5.58. The van der Waals surface area contributed by atoms with Crippen LogP contribution in [0.1, 0.15) is 25.3 Å². The third-order valence-corrected chi connectivity index (χ3v) is 4.68. The monoisotopic (exact) mass is 312 g/mol. The number of halogens is 2. The second-order valence-electron chi connectivity index (χ2n) is 5.70. The van der Waals surface area contributed by atoms with Gasteiger partial charge in [0.05, 0.1) is 11.4 Å². The van der Waals surface area contributed by atoms with E-state index in [0.29, 0.717) is 30.9 Å². The smallest absolute Gasteiger partial charge is 0.227 e. The number of rotatable bonds is 3. The molecule has 2 rings (SSSR count). The molecule has 0 aliphatic carbocycles. The number of thiocarbonyl (C=S) groups is 1. The van der Waals surface area contributed by atoms with Gasteiger partial charge in [-0.25, -0.2) is 8.78 Å². The molecule has 0 unspecified atom stereocenters. The van der Waals surface area contributed by atoms with Crippen LogP contribution in [0.2, 0.25) is 0 Å². The molecular formula is C15H18F2N2OS. The Labute approximate surface area is 128 Å². The van der Waals surface area contributed by atoms with Gasteiger partial charge in [0.1, 0.15) is 0 Å². The number of hydrogen-bond donors (Lipinski definition) is 1. The largest absolute Gasteiger partial charge is 0.393 e. The summed E-state index contributed by atoms with van der Waals surface area (Å²) in [5.74, 6) is -2.08. The van der Waals surface area contributed by atoms with E-state index >= 15 is 0 Å². The van der Waals surface area contributed by atoms with E-state index in [1.807, 2.05) is 6.92 Å². The number of likely N-dealkylation sites (tertiary alicyclic amines) is 1. The van der Waals surface area contributed by atoms with E-state index in [1.54, 1.807) is 4.90 Å². The van der Waals surface area contributed by atoms with E-state index in [2.05, 4.69) is 0 Å². The van der Waals surface area contributed by atoms with Crippen LogP contribution in [0.4, 0.5) is 8.78 Å². The maximum absolute atomic E-state index is 13.6. The Balaban J connectivity index is 2.00. The van der Waals surface area contributed by atoms with Crippen LogP contribution in [-0.2, 0) is 11.2 Å². The van der Waals surface area contributed by atoms with Gasteiger partial charge in [-0.2, -0.15) is 0 Å². The van der Waals surface area contributed by atoms with Crippen molar-refractivity contribution in [2.45, 2.75) is 26.2 Å². The van der Waals surface area contributed by atoms with E-state index in [-0.39, 0.29) is 23.3 Å². The molecule has 1 amide bonds. The first kappa shape index (κ1) is 15.8. The molecule has 1 saturated heterocycles. The zero-order chi connectivity index (χ0) is 15.6. The van der Waals surface area contributed by atoms with Crippen molar-refractivity contribution in [1.29, 1.82) is 0 Å². The zero-order valence-corrected chi connectivity index (χ0v) is 12.7. The molecular weight excluding hydrogens is 294 g/mol. The first-order valence-corrected chi connectivity index (χ1v) is 7.25. The van der Waals surface area contributed by atoms with Gasteiger partial charge < -0.3 is 10.6 Å². The third-order valence-electron chi connectivity index (χ3n) is 4.19. The fourth-order valence-corrected chi connectivity index (χ4v) is 2.66. The predicted octanol–water partition coefficient (Wildman–Crippen LogP) is 2.42. The Bertz CT molecular complexity index is 569. The van der Waals surface area contributed by atoms with Crippen LogP contribution in [0.3, 0.4) is 0 Å². The normalized spacial score (nSPS) is 17.6. The van der Waals surface area contributed by atoms with Gasteiger partial charge in [0.25, 0.3) is 0 Å². The molecule has 0 radical (unpaired) electrons. The molecule has 0 bridgehead atoms. The Hall–Kier alpha value is -1.56. The molecule has 2 N–H and O–H groups in total. The molecule has 114 valence electrons. The second kappa shape index (κ2) is 6.05. The van der Waals surface area contributed by atoms with Crippen molar-refractivity contribution in [3.63, 3.8) is 0 Å². The van der Waals surface area contributed by atoms with Gasteiger partial charge in [0.2, 0.25) is 5.91 Å². The van der Waals surface area contributed by atoms with Crippen LogP contribution < -0.4 is 5.73 Å². The van der Waals surface area contributed by atoms with Crippen LogP contribution in [0.15, 0.2) is 18.2 Å². The molecule has 1 aromatic carbocycles. The molecule has 1 aliphatic heterocycles. The summed E-state index contributed by atoms with van der Waals surface area (Å²) in [6, 6.07) is 3.87. The Morgan fingerprint density at radius 1 is 1.38 bits per heavy atom. The topological polar surface area (TPSA) is 46.3 Å². The highest BCUT2D eigenvalue weighted by Gasteiger charge is 2.34. The van der Waals surface area contributed by atoms with Crippen LogP contribution in [0.5, 0.6) is 0 Å². The third kappa shape index (κ3) is 3.37. The maximum Gasteiger partial charge on any atom is 0.227 e. The quantitative estimate of drug-likeness (QED) is 0.872. The van der Waals surface area contributed by atoms with Gasteiger partial charge in [-0.1, -0.05) is 31.3 Å². The average molecular weight is 312 g/mol. The molecule has 1 heterocycles. The number of benzene rings is 1. The van der Waals surface area contributed by atoms with Crippen molar-refractivity contribution in [3.8, 4) is 0 Å². The lowest BCUT2D eigenvalue weighted by atomic mass is 9.80. The molecule has 21 heavy (non-hydrogen) atoms. The summed E-state index contributed by atoms with van der Waals surface area (Å²) >= 11 is 5.05. The minimum absolute atomic E-state index is 0.0858. The summed E-state index contributed by atoms with van der Waals surface area (Å²) in [5, 5.41) is 0. The van der Waals surface area contributed by atoms with Crippen LogP contribution >= 0.6 is 12.2 Å². The number of piperidine rings is 1. The molecule has 0 saturated carbocycles. The summed E-state index contributed by atoms with van der Waals surface area (Å²) in [6.45, 7) is 3.05. The zero-order valence-electron chi connectivity index (χ0n) is 11.9. The van der Waals surface area contributed by atoms with Crippen molar-refractivity contribution in [1.82, 2.24) is 4.90 Å². The number of nitrogens with two attached hydrogens (primary N) is 1. The SMILES string of the molecule is CC1(C(N)=S)CCN(C(=O)Cc2cccc(F)c2F)CC1. The fraction of sp³-hybridized carbons (Fsp3) is 0.467. The molecule has 3 nitrogen and oxygen atoms in total. The molecule has 0 spiro atoms. The van der Waals surface area contributed by atoms with E-state index in [9.17, 15) is 13.6 Å². The predicted molar refractivity (Wildman–Crippen MR) is 80.8 cm³/mol. The lowest BCUT2D eigenvalue weighted by molar-refractivity contribution is -0.132. The van der Waals surface area contributed by atoms with Crippen molar-refractivity contribution in [3.05, 3.63) is 35.4 Å². The van der Waals surface area contributed by atoms with Crippen LogP contribution in [-0.4, -0.2) is 28.9 Å². The lowest BCUT2D eigenvalue weighted by Crippen LogP contribution is -2.47. The van der Waals surface area contributed by atoms with Gasteiger partial charge in [-0.3, -0.25) is 4.79 Å². The molecule has 1 aromatic rings. The summed E-state index contributed by atoms with van der Waals surface area (Å²) in [6.07, 6.45) is 1.26. The highest BCUT2D eigenvalue weighted by Crippen LogP contribution is 2.31. The van der Waals surface area contributed by atoms with Gasteiger partial charge in [0, 0.05) is 24.1 Å². The molecule has 1 aliphatic rings. The summed E-state index contributed by atoms with van der Waals surface area (Å²) < 4.78 is 26.7. The van der Waals surface area contributed by atoms with Crippen molar-refractivity contribution >= 4 is 23.1 Å². The maximum atomic E-state index is 13.6. The Morgan fingerprint density at radius 3 is 2.57 bits per heavy atom. The van der Waals surface area contributed by atoms with E-state index in [4.69, 9.17) is 18.0 Å². The standard InChI is InChI=1S/C15H18F2N2OS/c1-15(14(18)21)5-7-19(8-6-15)12(20)9-10-3-2-4-11(16)13(10)17/h2-4H,5-9H2,1H3,(H2,18,21). The first-order chi connectivity index (χ1) is 9.83. The lowest BCUT2D eigenvalue weighted by Gasteiger charge is -2.38. The first-order valence-electron chi connectivity index (χ1n) is 6.84. The molecule has 1 fully saturated rings. The van der Waals surface area contributed by atoms with E-state index in [1.165, 1.54) is 12.1 Å². The average Bonchev–Trinajstić information content (AvgIpc) is 2.44. The highest BCUT2D eigenvalue weighted by molar-refractivity contribution is 7.80. The molecule has 6 heteroatoms. The van der Waals surface area contributed by atoms with Gasteiger partial charge in [-0.15, -0.1) is 0 Å². The minimum atomic E-state index is -0.948. The van der Waals surface area contributed by atoms with Crippen LogP contribution in [0, 0.1) is 17.0 Å². The van der Waals surface area contributed by atoms with Crippen molar-refractivity contribution in [2.75, 3.05) is 13.1 Å². The van der Waals surface area contributed by atoms with Gasteiger partial charge >= 0.3 is 0 Å². The van der Waals surface area contributed by atoms with E-state index < -0.39 is 11.6 Å². The second-order valence-corrected chi connectivity index (χ2v) is 6.14. The van der Waals surface area contributed by atoms with Crippen LogP contribution in [0.25, 0.3) is 0 Å². The number of carbonyl (C=O) groups is 1.